The monoisotopic (exact) mass is 213 g/mol. The van der Waals surface area contributed by atoms with Crippen LogP contribution in [-0.4, -0.2) is 25.8 Å². The average Bonchev–Trinajstić information content (AvgIpc) is 2.66. The minimum absolute atomic E-state index is 0.705. The summed E-state index contributed by atoms with van der Waals surface area (Å²) >= 11 is 0. The van der Waals surface area contributed by atoms with Gasteiger partial charge in [-0.25, -0.2) is 0 Å². The molecular weight excluding hydrogens is 186 g/mol. The van der Waals surface area contributed by atoms with E-state index in [0.717, 1.165) is 31.6 Å². The van der Waals surface area contributed by atoms with Crippen LogP contribution in [0.2, 0.25) is 0 Å². The van der Waals surface area contributed by atoms with Gasteiger partial charge in [0, 0.05) is 19.3 Å². The van der Waals surface area contributed by atoms with Crippen molar-refractivity contribution in [1.82, 2.24) is 5.32 Å². The zero-order valence-corrected chi connectivity index (χ0v) is 10.6. The zero-order valence-electron chi connectivity index (χ0n) is 10.6. The quantitative estimate of drug-likeness (QED) is 0.702. The molecule has 0 bridgehead atoms. The molecule has 1 aliphatic rings. The highest BCUT2D eigenvalue weighted by Gasteiger charge is 2.20. The number of hydrogen-bond acceptors (Lipinski definition) is 2. The van der Waals surface area contributed by atoms with Crippen molar-refractivity contribution in [2.75, 3.05) is 19.8 Å². The number of ether oxygens (including phenoxy) is 1. The molecule has 1 heterocycles. The minimum atomic E-state index is 0.705. The van der Waals surface area contributed by atoms with Crippen LogP contribution in [0.15, 0.2) is 0 Å². The summed E-state index contributed by atoms with van der Waals surface area (Å²) in [6.07, 6.45) is 5.10. The Morgan fingerprint density at radius 3 is 2.73 bits per heavy atom. The molecule has 0 aliphatic carbocycles. The fourth-order valence-corrected chi connectivity index (χ4v) is 2.35. The Hall–Kier alpha value is -0.0800. The second kappa shape index (κ2) is 7.24. The van der Waals surface area contributed by atoms with Crippen molar-refractivity contribution < 1.29 is 4.74 Å². The third kappa shape index (κ3) is 5.53. The fourth-order valence-electron chi connectivity index (χ4n) is 2.35. The van der Waals surface area contributed by atoms with Gasteiger partial charge in [0.05, 0.1) is 0 Å². The van der Waals surface area contributed by atoms with Crippen molar-refractivity contribution in [3.63, 3.8) is 0 Å². The highest BCUT2D eigenvalue weighted by atomic mass is 16.5. The lowest BCUT2D eigenvalue weighted by atomic mass is 9.93. The molecule has 15 heavy (non-hydrogen) atoms. The summed E-state index contributed by atoms with van der Waals surface area (Å²) in [7, 11) is 0. The Balaban J connectivity index is 2.26. The lowest BCUT2D eigenvalue weighted by molar-refractivity contribution is 0.180. The van der Waals surface area contributed by atoms with E-state index in [2.05, 4.69) is 26.1 Å². The first-order chi connectivity index (χ1) is 7.22. The maximum absolute atomic E-state index is 5.44. The Bertz CT molecular complexity index is 153. The van der Waals surface area contributed by atoms with Crippen molar-refractivity contribution in [2.24, 2.45) is 11.8 Å². The maximum atomic E-state index is 5.44. The summed E-state index contributed by atoms with van der Waals surface area (Å²) in [4.78, 5) is 0. The van der Waals surface area contributed by atoms with E-state index >= 15 is 0 Å². The molecule has 2 nitrogen and oxygen atoms in total. The van der Waals surface area contributed by atoms with Gasteiger partial charge in [-0.15, -0.1) is 0 Å². The summed E-state index contributed by atoms with van der Waals surface area (Å²) in [5, 5.41) is 3.67. The lowest BCUT2D eigenvalue weighted by Crippen LogP contribution is -2.33. The van der Waals surface area contributed by atoms with Gasteiger partial charge in [0.2, 0.25) is 0 Å². The second-order valence-electron chi connectivity index (χ2n) is 5.25. The van der Waals surface area contributed by atoms with E-state index in [1.54, 1.807) is 0 Å². The van der Waals surface area contributed by atoms with Gasteiger partial charge in [-0.2, -0.15) is 0 Å². The van der Waals surface area contributed by atoms with Gasteiger partial charge in [0.25, 0.3) is 0 Å². The first-order valence-electron chi connectivity index (χ1n) is 6.53. The van der Waals surface area contributed by atoms with Gasteiger partial charge in [-0.1, -0.05) is 20.8 Å². The third-order valence-electron chi connectivity index (χ3n) is 3.08. The molecule has 1 aliphatic heterocycles. The van der Waals surface area contributed by atoms with Crippen molar-refractivity contribution in [2.45, 2.75) is 52.5 Å². The van der Waals surface area contributed by atoms with Gasteiger partial charge in [0.15, 0.2) is 0 Å². The second-order valence-corrected chi connectivity index (χ2v) is 5.25. The molecule has 0 saturated carbocycles. The Morgan fingerprint density at radius 2 is 2.20 bits per heavy atom. The van der Waals surface area contributed by atoms with Crippen LogP contribution in [0.25, 0.3) is 0 Å². The van der Waals surface area contributed by atoms with Gasteiger partial charge in [0.1, 0.15) is 0 Å². The van der Waals surface area contributed by atoms with Gasteiger partial charge < -0.3 is 10.1 Å². The summed E-state index contributed by atoms with van der Waals surface area (Å²) in [6, 6.07) is 0.705. The molecule has 0 aromatic rings. The number of rotatable bonds is 7. The molecule has 1 fully saturated rings. The SMILES string of the molecule is CCCNC(CC(C)C)CC1CCOC1. The molecule has 90 valence electrons. The molecule has 1 N–H and O–H groups in total. The van der Waals surface area contributed by atoms with Crippen molar-refractivity contribution in [3.05, 3.63) is 0 Å². The van der Waals surface area contributed by atoms with Crippen LogP contribution in [0.4, 0.5) is 0 Å². The van der Waals surface area contributed by atoms with Crippen LogP contribution in [0, 0.1) is 11.8 Å². The van der Waals surface area contributed by atoms with Crippen molar-refractivity contribution >= 4 is 0 Å². The standard InChI is InChI=1S/C13H27NO/c1-4-6-14-13(8-11(2)3)9-12-5-7-15-10-12/h11-14H,4-10H2,1-3H3. The summed E-state index contributed by atoms with van der Waals surface area (Å²) in [6.45, 7) is 9.98. The Kier molecular flexibility index (Phi) is 6.26. The molecule has 1 rings (SSSR count). The Morgan fingerprint density at radius 1 is 1.40 bits per heavy atom. The molecule has 2 unspecified atom stereocenters. The predicted molar refractivity (Wildman–Crippen MR) is 65.1 cm³/mol. The smallest absolute Gasteiger partial charge is 0.0495 e. The van der Waals surface area contributed by atoms with E-state index in [0.29, 0.717) is 6.04 Å². The molecular formula is C13H27NO. The van der Waals surface area contributed by atoms with Crippen LogP contribution >= 0.6 is 0 Å². The summed E-state index contributed by atoms with van der Waals surface area (Å²) < 4.78 is 5.44. The molecule has 1 saturated heterocycles. The number of hydrogen-bond donors (Lipinski definition) is 1. The van der Waals surface area contributed by atoms with Crippen LogP contribution in [0.1, 0.15) is 46.5 Å². The minimum Gasteiger partial charge on any atom is -0.381 e. The van der Waals surface area contributed by atoms with Crippen LogP contribution in [-0.2, 0) is 4.74 Å². The topological polar surface area (TPSA) is 21.3 Å². The predicted octanol–water partition coefficient (Wildman–Crippen LogP) is 2.83. The van der Waals surface area contributed by atoms with E-state index in [1.165, 1.54) is 25.7 Å². The van der Waals surface area contributed by atoms with Crippen molar-refractivity contribution in [3.8, 4) is 0 Å². The van der Waals surface area contributed by atoms with Crippen LogP contribution in [0.5, 0.6) is 0 Å². The van der Waals surface area contributed by atoms with Crippen LogP contribution in [0.3, 0.4) is 0 Å². The molecule has 0 aromatic heterocycles. The van der Waals surface area contributed by atoms with Gasteiger partial charge in [-0.3, -0.25) is 0 Å². The highest BCUT2D eigenvalue weighted by molar-refractivity contribution is 4.75. The maximum Gasteiger partial charge on any atom is 0.0495 e. The fraction of sp³-hybridized carbons (Fsp3) is 1.00. The molecule has 0 amide bonds. The first kappa shape index (κ1) is 13.0. The zero-order chi connectivity index (χ0) is 11.1. The normalized spacial score (nSPS) is 23.6. The van der Waals surface area contributed by atoms with Crippen molar-refractivity contribution in [1.29, 1.82) is 0 Å². The molecule has 0 radical (unpaired) electrons. The van der Waals surface area contributed by atoms with E-state index < -0.39 is 0 Å². The largest absolute Gasteiger partial charge is 0.381 e. The average molecular weight is 213 g/mol. The van der Waals surface area contributed by atoms with E-state index in [9.17, 15) is 0 Å². The summed E-state index contributed by atoms with van der Waals surface area (Å²) in [5.41, 5.74) is 0. The van der Waals surface area contributed by atoms with E-state index in [-0.39, 0.29) is 0 Å². The summed E-state index contributed by atoms with van der Waals surface area (Å²) in [5.74, 6) is 1.60. The molecule has 0 spiro atoms. The highest BCUT2D eigenvalue weighted by Crippen LogP contribution is 2.21. The van der Waals surface area contributed by atoms with E-state index in [4.69, 9.17) is 4.74 Å². The van der Waals surface area contributed by atoms with Crippen LogP contribution < -0.4 is 5.32 Å². The molecule has 2 heteroatoms. The van der Waals surface area contributed by atoms with Gasteiger partial charge >= 0.3 is 0 Å². The molecule has 2 atom stereocenters. The van der Waals surface area contributed by atoms with Gasteiger partial charge in [-0.05, 0) is 44.1 Å². The first-order valence-corrected chi connectivity index (χ1v) is 6.53. The molecule has 0 aromatic carbocycles. The Labute approximate surface area is 94.8 Å². The lowest BCUT2D eigenvalue weighted by Gasteiger charge is -2.23. The van der Waals surface area contributed by atoms with E-state index in [1.807, 2.05) is 0 Å². The third-order valence-corrected chi connectivity index (χ3v) is 3.08. The number of nitrogens with one attached hydrogen (secondary N) is 1.